The Labute approximate surface area is 378 Å². The van der Waals surface area contributed by atoms with Crippen molar-refractivity contribution in [1.82, 2.24) is 40.1 Å². The highest BCUT2D eigenvalue weighted by Crippen LogP contribution is 2.38. The van der Waals surface area contributed by atoms with Crippen molar-refractivity contribution in [2.45, 2.75) is 36.0 Å². The van der Waals surface area contributed by atoms with Crippen molar-refractivity contribution in [2.24, 2.45) is 0 Å². The van der Waals surface area contributed by atoms with Crippen LogP contribution in [0.1, 0.15) is 54.5 Å². The van der Waals surface area contributed by atoms with Gasteiger partial charge in [0, 0.05) is 41.1 Å². The molecule has 0 fully saturated rings. The van der Waals surface area contributed by atoms with E-state index in [1.165, 1.54) is 43.0 Å². The quantitative estimate of drug-likeness (QED) is 0.0744. The summed E-state index contributed by atoms with van der Waals surface area (Å²) in [6, 6.07) is 10.1. The fourth-order valence-electron chi connectivity index (χ4n) is 6.18. The van der Waals surface area contributed by atoms with E-state index in [-0.39, 0.29) is 34.0 Å². The number of aromatic amines is 2. The van der Waals surface area contributed by atoms with Crippen LogP contribution in [0.25, 0.3) is 22.1 Å². The average Bonchev–Trinajstić information content (AvgIpc) is 3.93. The van der Waals surface area contributed by atoms with Crippen LogP contribution < -0.4 is 9.44 Å². The number of nitrogens with one attached hydrogen (secondary N) is 4. The van der Waals surface area contributed by atoms with Gasteiger partial charge in [-0.05, 0) is 85.6 Å². The van der Waals surface area contributed by atoms with E-state index in [2.05, 4.69) is 49.5 Å². The molecule has 6 heterocycles. The lowest BCUT2D eigenvalue weighted by Gasteiger charge is -2.14. The number of H-pyrrole nitrogens is 2. The lowest BCUT2D eigenvalue weighted by Crippen LogP contribution is -2.18. The number of nitrogens with zero attached hydrogens (tertiary/aromatic N) is 6. The topological polar surface area (TPSA) is 235 Å². The van der Waals surface area contributed by atoms with Gasteiger partial charge in [0.15, 0.2) is 5.65 Å². The summed E-state index contributed by atoms with van der Waals surface area (Å²) in [4.78, 5) is 48.0. The standard InChI is InChI=1S/2C20H13ClF3N5O3S/c1-10-6-16(29-33(31,32)11-2-3-15(21)14(7-11)20(22,23)24)17(26-8-10)18(30)12-4-5-25-19-13(12)9-27-28-19;1-10-6-15(29-33(31,32)11-2-3-14(21)13(7-11)20(22,23)24)17(26-8-10)18(30)16-12-4-5-25-19(12)28-9-27-16/h2*2-9,29H,1H3,(H,25,27,28). The molecule has 0 unspecified atom stereocenters. The fraction of sp³-hybridized carbons (Fsp3) is 0.100. The van der Waals surface area contributed by atoms with Crippen molar-refractivity contribution < 1.29 is 52.8 Å². The van der Waals surface area contributed by atoms with Gasteiger partial charge in [-0.1, -0.05) is 23.2 Å². The number of hydrogen-bond acceptors (Lipinski definition) is 12. The maximum absolute atomic E-state index is 13.2. The normalized spacial score (nSPS) is 12.2. The minimum Gasteiger partial charge on any atom is -0.346 e. The molecule has 0 bridgehead atoms. The summed E-state index contributed by atoms with van der Waals surface area (Å²) in [6.45, 7) is 3.22. The second-order valence-corrected chi connectivity index (χ2v) is 18.1. The molecule has 340 valence electrons. The number of hydrogen-bond donors (Lipinski definition) is 4. The third-order valence-electron chi connectivity index (χ3n) is 9.24. The molecule has 0 aliphatic carbocycles. The highest BCUT2D eigenvalue weighted by molar-refractivity contribution is 7.93. The molecule has 4 N–H and O–H groups in total. The van der Waals surface area contributed by atoms with Gasteiger partial charge in [0.2, 0.25) is 11.6 Å². The van der Waals surface area contributed by atoms with Crippen LogP contribution in [-0.4, -0.2) is 68.5 Å². The maximum atomic E-state index is 13.2. The molecule has 0 aliphatic heterocycles. The van der Waals surface area contributed by atoms with E-state index in [1.54, 1.807) is 26.1 Å². The van der Waals surface area contributed by atoms with Gasteiger partial charge in [0.25, 0.3) is 20.0 Å². The van der Waals surface area contributed by atoms with E-state index in [9.17, 15) is 52.8 Å². The molecule has 2 aromatic carbocycles. The smallest absolute Gasteiger partial charge is 0.346 e. The minimum atomic E-state index is -4.86. The number of carbonyl (C=O) groups is 2. The van der Waals surface area contributed by atoms with Crippen LogP contribution >= 0.6 is 23.2 Å². The van der Waals surface area contributed by atoms with Crippen molar-refractivity contribution in [2.75, 3.05) is 9.44 Å². The molecular weight excluding hydrogens is 966 g/mol. The van der Waals surface area contributed by atoms with Crippen LogP contribution in [-0.2, 0) is 32.4 Å². The summed E-state index contributed by atoms with van der Waals surface area (Å²) in [6.07, 6.45) is -1.52. The third kappa shape index (κ3) is 9.80. The second-order valence-electron chi connectivity index (χ2n) is 13.9. The number of halogens is 8. The van der Waals surface area contributed by atoms with Crippen molar-refractivity contribution in [3.8, 4) is 0 Å². The van der Waals surface area contributed by atoms with Crippen LogP contribution in [0, 0.1) is 13.8 Å². The van der Waals surface area contributed by atoms with Crippen LogP contribution in [0.3, 0.4) is 0 Å². The predicted octanol–water partition coefficient (Wildman–Crippen LogP) is 8.73. The number of ketones is 2. The molecule has 0 spiro atoms. The van der Waals surface area contributed by atoms with Crippen molar-refractivity contribution in [1.29, 1.82) is 0 Å². The summed E-state index contributed by atoms with van der Waals surface area (Å²) >= 11 is 11.2. The van der Waals surface area contributed by atoms with Crippen molar-refractivity contribution in [3.05, 3.63) is 153 Å². The zero-order chi connectivity index (χ0) is 47.9. The number of aromatic nitrogens is 8. The van der Waals surface area contributed by atoms with Crippen molar-refractivity contribution >= 4 is 88.3 Å². The van der Waals surface area contributed by atoms with Crippen LogP contribution in [0.2, 0.25) is 10.0 Å². The Bertz CT molecular complexity index is 3230. The number of alkyl halides is 6. The fourth-order valence-corrected chi connectivity index (χ4v) is 8.80. The van der Waals surface area contributed by atoms with Crippen LogP contribution in [0.4, 0.5) is 37.7 Å². The summed E-state index contributed by atoms with van der Waals surface area (Å²) in [5, 5.41) is 5.96. The number of carbonyl (C=O) groups excluding carboxylic acids is 2. The van der Waals surface area contributed by atoms with Crippen molar-refractivity contribution in [3.63, 3.8) is 0 Å². The summed E-state index contributed by atoms with van der Waals surface area (Å²) in [5.74, 6) is -1.33. The van der Waals surface area contributed by atoms with Gasteiger partial charge in [-0.2, -0.15) is 31.4 Å². The zero-order valence-corrected chi connectivity index (χ0v) is 36.4. The Hall–Kier alpha value is -7.02. The molecule has 0 amide bonds. The number of pyridine rings is 3. The number of benzene rings is 2. The Morgan fingerprint density at radius 3 is 1.67 bits per heavy atom. The van der Waals surface area contributed by atoms with E-state index in [0.717, 1.165) is 30.6 Å². The first kappa shape index (κ1) is 47.0. The third-order valence-corrected chi connectivity index (χ3v) is 12.6. The van der Waals surface area contributed by atoms with E-state index < -0.39 is 74.9 Å². The van der Waals surface area contributed by atoms with Gasteiger partial charge in [-0.3, -0.25) is 34.1 Å². The molecule has 0 saturated carbocycles. The number of sulfonamides is 2. The Balaban J connectivity index is 0.000000196. The highest BCUT2D eigenvalue weighted by Gasteiger charge is 2.36. The lowest BCUT2D eigenvalue weighted by molar-refractivity contribution is -0.138. The van der Waals surface area contributed by atoms with Gasteiger partial charge in [-0.25, -0.2) is 31.8 Å². The minimum absolute atomic E-state index is 0.0242. The molecule has 26 heteroatoms. The molecule has 0 radical (unpaired) electrons. The van der Waals surface area contributed by atoms with Gasteiger partial charge in [0.1, 0.15) is 29.1 Å². The molecule has 0 aliphatic rings. The van der Waals surface area contributed by atoms with E-state index in [0.29, 0.717) is 45.3 Å². The number of fused-ring (bicyclic) bond motifs is 2. The van der Waals surface area contributed by atoms with E-state index >= 15 is 0 Å². The molecule has 66 heavy (non-hydrogen) atoms. The first-order valence-electron chi connectivity index (χ1n) is 18.3. The predicted molar refractivity (Wildman–Crippen MR) is 227 cm³/mol. The van der Waals surface area contributed by atoms with E-state index in [1.807, 2.05) is 0 Å². The van der Waals surface area contributed by atoms with Crippen LogP contribution in [0.5, 0.6) is 0 Å². The SMILES string of the molecule is Cc1cnc(C(=O)c2ccnc3[nH]ncc23)c(NS(=O)(=O)c2ccc(Cl)c(C(F)(F)F)c2)c1.Cc1cnc(C(=O)c2ncnc3[nH]ccc23)c(NS(=O)(=O)c2ccc(Cl)c(C(F)(F)F)c2)c1. The first-order chi connectivity index (χ1) is 30.9. The Morgan fingerprint density at radius 2 is 1.14 bits per heavy atom. The molecule has 0 saturated heterocycles. The average molecular weight is 992 g/mol. The molecule has 0 atom stereocenters. The molecule has 8 aromatic rings. The largest absolute Gasteiger partial charge is 0.417 e. The summed E-state index contributed by atoms with van der Waals surface area (Å²) < 4.78 is 135. The zero-order valence-electron chi connectivity index (χ0n) is 33.2. The maximum Gasteiger partial charge on any atom is 0.417 e. The van der Waals surface area contributed by atoms with Gasteiger partial charge < -0.3 is 4.98 Å². The van der Waals surface area contributed by atoms with Gasteiger partial charge in [-0.15, -0.1) is 0 Å². The Kier molecular flexibility index (Phi) is 12.6. The van der Waals surface area contributed by atoms with Gasteiger partial charge in [0.05, 0.1) is 48.5 Å². The molecular formula is C40H26Cl2F6N10O6S2. The number of rotatable bonds is 10. The van der Waals surface area contributed by atoms with E-state index in [4.69, 9.17) is 23.2 Å². The molecule has 8 rings (SSSR count). The Morgan fingerprint density at radius 1 is 0.606 bits per heavy atom. The summed E-state index contributed by atoms with van der Waals surface area (Å²) in [5.41, 5.74) is -1.66. The first-order valence-corrected chi connectivity index (χ1v) is 22.0. The van der Waals surface area contributed by atoms with Crippen LogP contribution in [0.15, 0.2) is 108 Å². The monoisotopic (exact) mass is 990 g/mol. The summed E-state index contributed by atoms with van der Waals surface area (Å²) in [7, 11) is -9.07. The second kappa shape index (κ2) is 17.8. The number of aryl methyl sites for hydroxylation is 2. The molecule has 6 aromatic heterocycles. The lowest BCUT2D eigenvalue weighted by atomic mass is 10.0. The van der Waals surface area contributed by atoms with Gasteiger partial charge >= 0.3 is 12.4 Å². The molecule has 16 nitrogen and oxygen atoms in total. The number of anilines is 2. The highest BCUT2D eigenvalue weighted by atomic mass is 35.5.